The Balaban J connectivity index is 2.44. The van der Waals surface area contributed by atoms with Crippen LogP contribution in [0.5, 0.6) is 0 Å². The quantitative estimate of drug-likeness (QED) is 0.785. The van der Waals surface area contributed by atoms with Gasteiger partial charge < -0.3 is 4.90 Å². The van der Waals surface area contributed by atoms with E-state index in [-0.39, 0.29) is 0 Å². The number of halogens is 2. The first-order chi connectivity index (χ1) is 9.02. The molecule has 0 saturated heterocycles. The fourth-order valence-corrected chi connectivity index (χ4v) is 2.38. The van der Waals surface area contributed by atoms with Gasteiger partial charge in [0, 0.05) is 25.3 Å². The molecule has 0 bridgehead atoms. The Bertz CT molecular complexity index is 582. The topological polar surface area (TPSA) is 29.0 Å². The molecule has 0 saturated carbocycles. The molecule has 2 aromatic rings. The van der Waals surface area contributed by atoms with Crippen molar-refractivity contribution in [3.05, 3.63) is 39.6 Å². The van der Waals surface area contributed by atoms with Crippen LogP contribution < -0.4 is 4.90 Å². The molecule has 5 heteroatoms. The molecule has 3 nitrogen and oxygen atoms in total. The van der Waals surface area contributed by atoms with Crippen molar-refractivity contribution in [2.24, 2.45) is 0 Å². The molecule has 0 aliphatic carbocycles. The zero-order chi connectivity index (χ0) is 14.0. The van der Waals surface area contributed by atoms with Crippen molar-refractivity contribution in [3.63, 3.8) is 0 Å². The number of anilines is 1. The average Bonchev–Trinajstić information content (AvgIpc) is 2.41. The zero-order valence-electron chi connectivity index (χ0n) is 11.1. The van der Waals surface area contributed by atoms with Crippen molar-refractivity contribution < 1.29 is 0 Å². The molecule has 1 heterocycles. The average molecular weight is 341 g/mol. The number of rotatable bonds is 3. The van der Waals surface area contributed by atoms with Crippen LogP contribution in [-0.4, -0.2) is 24.1 Å². The maximum Gasteiger partial charge on any atom is 0.161 e. The van der Waals surface area contributed by atoms with E-state index in [1.807, 2.05) is 45.3 Å². The van der Waals surface area contributed by atoms with Crippen molar-refractivity contribution in [2.45, 2.75) is 13.3 Å². The molecule has 1 aromatic heterocycles. The Morgan fingerprint density at radius 2 is 1.79 bits per heavy atom. The van der Waals surface area contributed by atoms with E-state index in [1.165, 1.54) is 0 Å². The highest BCUT2D eigenvalue weighted by atomic mass is 79.9. The van der Waals surface area contributed by atoms with E-state index in [2.05, 4.69) is 30.8 Å². The maximum absolute atomic E-state index is 6.12. The van der Waals surface area contributed by atoms with Crippen molar-refractivity contribution >= 4 is 33.2 Å². The number of nitrogens with zero attached hydrogens (tertiary/aromatic N) is 3. The van der Waals surface area contributed by atoms with Crippen LogP contribution in [0.2, 0.25) is 5.15 Å². The van der Waals surface area contributed by atoms with Crippen LogP contribution in [0.4, 0.5) is 5.69 Å². The summed E-state index contributed by atoms with van der Waals surface area (Å²) in [7, 11) is 4.02. The normalized spacial score (nSPS) is 10.6. The minimum atomic E-state index is 0.457. The van der Waals surface area contributed by atoms with E-state index in [4.69, 9.17) is 11.6 Å². The Hall–Kier alpha value is -1.13. The summed E-state index contributed by atoms with van der Waals surface area (Å²) in [6, 6.07) is 8.10. The van der Waals surface area contributed by atoms with Gasteiger partial charge in [0.25, 0.3) is 0 Å². The first-order valence-corrected chi connectivity index (χ1v) is 7.19. The molecule has 0 fully saturated rings. The number of hydrogen-bond donors (Lipinski definition) is 0. The predicted octanol–water partition coefficient (Wildman–Crippen LogP) is 4.19. The molecule has 0 N–H and O–H groups in total. The predicted molar refractivity (Wildman–Crippen MR) is 83.9 cm³/mol. The minimum absolute atomic E-state index is 0.457. The van der Waals surface area contributed by atoms with Gasteiger partial charge in [0.05, 0.1) is 10.2 Å². The summed E-state index contributed by atoms with van der Waals surface area (Å²) in [5.41, 5.74) is 3.03. The second-order valence-corrected chi connectivity index (χ2v) is 5.54. The third kappa shape index (κ3) is 3.07. The summed E-state index contributed by atoms with van der Waals surface area (Å²) in [4.78, 5) is 10.9. The lowest BCUT2D eigenvalue weighted by Gasteiger charge is -2.12. The van der Waals surface area contributed by atoms with Crippen LogP contribution in [0.15, 0.2) is 28.7 Å². The van der Waals surface area contributed by atoms with Crippen LogP contribution in [-0.2, 0) is 6.42 Å². The van der Waals surface area contributed by atoms with Gasteiger partial charge in [0.1, 0.15) is 5.15 Å². The van der Waals surface area contributed by atoms with Crippen molar-refractivity contribution in [1.82, 2.24) is 9.97 Å². The highest BCUT2D eigenvalue weighted by Crippen LogP contribution is 2.28. The monoisotopic (exact) mass is 339 g/mol. The van der Waals surface area contributed by atoms with E-state index in [1.54, 1.807) is 0 Å². The van der Waals surface area contributed by atoms with Gasteiger partial charge in [-0.05, 0) is 46.6 Å². The van der Waals surface area contributed by atoms with Crippen LogP contribution in [0.3, 0.4) is 0 Å². The Labute approximate surface area is 126 Å². The second-order valence-electron chi connectivity index (χ2n) is 4.39. The summed E-state index contributed by atoms with van der Waals surface area (Å²) in [5.74, 6) is 0.662. The third-order valence-electron chi connectivity index (χ3n) is 2.86. The van der Waals surface area contributed by atoms with Crippen molar-refractivity contribution in [3.8, 4) is 11.4 Å². The summed E-state index contributed by atoms with van der Waals surface area (Å²) in [5, 5.41) is 0.457. The SMILES string of the molecule is CCc1nc(-c2ccc(N(C)C)cc2)nc(Cl)c1Br. The molecular weight excluding hydrogens is 326 g/mol. The Kier molecular flexibility index (Phi) is 4.42. The molecule has 0 unspecified atom stereocenters. The van der Waals surface area contributed by atoms with Gasteiger partial charge in [-0.1, -0.05) is 18.5 Å². The lowest BCUT2D eigenvalue weighted by molar-refractivity contribution is 0.990. The fourth-order valence-electron chi connectivity index (χ4n) is 1.74. The second kappa shape index (κ2) is 5.88. The minimum Gasteiger partial charge on any atom is -0.378 e. The summed E-state index contributed by atoms with van der Waals surface area (Å²) < 4.78 is 0.783. The molecule has 1 aromatic carbocycles. The first-order valence-electron chi connectivity index (χ1n) is 6.02. The van der Waals surface area contributed by atoms with Gasteiger partial charge in [-0.2, -0.15) is 0 Å². The van der Waals surface area contributed by atoms with Gasteiger partial charge in [-0.15, -0.1) is 0 Å². The molecule has 0 aliphatic heterocycles. The lowest BCUT2D eigenvalue weighted by atomic mass is 10.2. The number of aromatic nitrogens is 2. The van der Waals surface area contributed by atoms with Crippen LogP contribution in [0.25, 0.3) is 11.4 Å². The third-order valence-corrected chi connectivity index (χ3v) is 4.19. The van der Waals surface area contributed by atoms with E-state index >= 15 is 0 Å². The van der Waals surface area contributed by atoms with Crippen LogP contribution in [0, 0.1) is 0 Å². The van der Waals surface area contributed by atoms with E-state index in [9.17, 15) is 0 Å². The van der Waals surface area contributed by atoms with Gasteiger partial charge in [-0.3, -0.25) is 0 Å². The molecule has 0 radical (unpaired) electrons. The van der Waals surface area contributed by atoms with Crippen molar-refractivity contribution in [2.75, 3.05) is 19.0 Å². The molecule has 0 atom stereocenters. The molecule has 0 aliphatic rings. The summed E-state index contributed by atoms with van der Waals surface area (Å²) in [6.45, 7) is 2.04. The van der Waals surface area contributed by atoms with E-state index < -0.39 is 0 Å². The van der Waals surface area contributed by atoms with Crippen LogP contribution >= 0.6 is 27.5 Å². The molecule has 0 spiro atoms. The number of aryl methyl sites for hydroxylation is 1. The largest absolute Gasteiger partial charge is 0.378 e. The number of hydrogen-bond acceptors (Lipinski definition) is 3. The van der Waals surface area contributed by atoms with Gasteiger partial charge >= 0.3 is 0 Å². The molecule has 19 heavy (non-hydrogen) atoms. The summed E-state index contributed by atoms with van der Waals surface area (Å²) in [6.07, 6.45) is 0.811. The zero-order valence-corrected chi connectivity index (χ0v) is 13.5. The molecule has 2 rings (SSSR count). The number of benzene rings is 1. The van der Waals surface area contributed by atoms with E-state index in [0.717, 1.165) is 27.8 Å². The molecular formula is C14H15BrClN3. The highest BCUT2D eigenvalue weighted by molar-refractivity contribution is 9.10. The van der Waals surface area contributed by atoms with Gasteiger partial charge in [0.15, 0.2) is 5.82 Å². The van der Waals surface area contributed by atoms with E-state index in [0.29, 0.717) is 11.0 Å². The Morgan fingerprint density at radius 3 is 2.32 bits per heavy atom. The van der Waals surface area contributed by atoms with Crippen molar-refractivity contribution in [1.29, 1.82) is 0 Å². The molecule has 100 valence electrons. The van der Waals surface area contributed by atoms with Gasteiger partial charge in [0.2, 0.25) is 0 Å². The van der Waals surface area contributed by atoms with Crippen LogP contribution in [0.1, 0.15) is 12.6 Å². The Morgan fingerprint density at radius 1 is 1.16 bits per heavy atom. The smallest absolute Gasteiger partial charge is 0.161 e. The lowest BCUT2D eigenvalue weighted by Crippen LogP contribution is -2.08. The molecule has 0 amide bonds. The highest BCUT2D eigenvalue weighted by Gasteiger charge is 2.10. The first kappa shape index (κ1) is 14.3. The maximum atomic E-state index is 6.12. The summed E-state index contributed by atoms with van der Waals surface area (Å²) >= 11 is 9.54. The fraction of sp³-hybridized carbons (Fsp3) is 0.286. The van der Waals surface area contributed by atoms with Gasteiger partial charge in [-0.25, -0.2) is 9.97 Å². The standard InChI is InChI=1S/C14H15BrClN3/c1-4-11-12(15)13(16)18-14(17-11)9-5-7-10(8-6-9)19(2)3/h5-8H,4H2,1-3H3.